The summed E-state index contributed by atoms with van der Waals surface area (Å²) in [5.74, 6) is -1.28. The summed E-state index contributed by atoms with van der Waals surface area (Å²) in [5, 5.41) is 9.55. The van der Waals surface area contributed by atoms with Crippen molar-refractivity contribution in [3.8, 4) is 0 Å². The van der Waals surface area contributed by atoms with Crippen LogP contribution in [0.15, 0.2) is 34.7 Å². The normalized spacial score (nSPS) is 10.5. The van der Waals surface area contributed by atoms with Gasteiger partial charge in [0.05, 0.1) is 0 Å². The van der Waals surface area contributed by atoms with Crippen molar-refractivity contribution in [3.05, 3.63) is 36.1 Å². The predicted molar refractivity (Wildman–Crippen MR) is 65.4 cm³/mol. The van der Waals surface area contributed by atoms with Gasteiger partial charge in [0, 0.05) is 11.9 Å². The fourth-order valence-electron chi connectivity index (χ4n) is 1.73. The van der Waals surface area contributed by atoms with E-state index in [1.54, 1.807) is 19.1 Å². The molecule has 5 nitrogen and oxygen atoms in total. The highest BCUT2D eigenvalue weighted by Gasteiger charge is 2.20. The van der Waals surface area contributed by atoms with Crippen LogP contribution in [0, 0.1) is 0 Å². The van der Waals surface area contributed by atoms with Crippen molar-refractivity contribution in [2.24, 2.45) is 0 Å². The molecule has 0 aliphatic rings. The summed E-state index contributed by atoms with van der Waals surface area (Å²) in [6.45, 7) is 1.72. The lowest BCUT2D eigenvalue weighted by atomic mass is 10.2. The number of hydrogen-bond acceptors (Lipinski definition) is 3. The molecule has 0 saturated heterocycles. The zero-order valence-electron chi connectivity index (χ0n) is 9.92. The van der Waals surface area contributed by atoms with Crippen LogP contribution < -0.4 is 0 Å². The Bertz CT molecular complexity index is 554. The predicted octanol–water partition coefficient (Wildman–Crippen LogP) is 1.98. The summed E-state index contributed by atoms with van der Waals surface area (Å²) < 4.78 is 5.41. The number of furan rings is 1. The number of likely N-dealkylation sites (N-methyl/N-ethyl adjacent to an activating group) is 1. The van der Waals surface area contributed by atoms with Crippen molar-refractivity contribution < 1.29 is 19.1 Å². The number of aliphatic carboxylic acids is 1. The molecular weight excluding hydrogens is 234 g/mol. The van der Waals surface area contributed by atoms with Gasteiger partial charge in [0.2, 0.25) is 0 Å². The molecule has 0 fully saturated rings. The Kier molecular flexibility index (Phi) is 3.32. The first-order valence-electron chi connectivity index (χ1n) is 5.61. The lowest BCUT2D eigenvalue weighted by Crippen LogP contribution is -2.35. The Morgan fingerprint density at radius 3 is 2.67 bits per heavy atom. The molecule has 0 saturated carbocycles. The zero-order chi connectivity index (χ0) is 13.1. The van der Waals surface area contributed by atoms with Crippen LogP contribution in [0.1, 0.15) is 17.5 Å². The van der Waals surface area contributed by atoms with Gasteiger partial charge >= 0.3 is 5.97 Å². The van der Waals surface area contributed by atoms with E-state index in [0.717, 1.165) is 5.39 Å². The first-order valence-corrected chi connectivity index (χ1v) is 5.61. The summed E-state index contributed by atoms with van der Waals surface area (Å²) in [4.78, 5) is 23.9. The molecule has 5 heteroatoms. The monoisotopic (exact) mass is 247 g/mol. The van der Waals surface area contributed by atoms with Gasteiger partial charge in [-0.3, -0.25) is 9.59 Å². The number of amides is 1. The van der Waals surface area contributed by atoms with Crippen LogP contribution in [0.25, 0.3) is 11.0 Å². The molecule has 1 aromatic carbocycles. The fraction of sp³-hybridized carbons (Fsp3) is 0.231. The number of hydrogen-bond donors (Lipinski definition) is 1. The Hall–Kier alpha value is -2.30. The lowest BCUT2D eigenvalue weighted by Gasteiger charge is -2.16. The number of nitrogens with zero attached hydrogens (tertiary/aromatic N) is 1. The first kappa shape index (κ1) is 12.2. The van der Waals surface area contributed by atoms with E-state index >= 15 is 0 Å². The van der Waals surface area contributed by atoms with E-state index in [0.29, 0.717) is 12.1 Å². The summed E-state index contributed by atoms with van der Waals surface area (Å²) in [6, 6.07) is 8.89. The molecule has 94 valence electrons. The van der Waals surface area contributed by atoms with E-state index in [1.807, 2.05) is 18.2 Å². The zero-order valence-corrected chi connectivity index (χ0v) is 9.92. The van der Waals surface area contributed by atoms with E-state index in [-0.39, 0.29) is 12.3 Å². The van der Waals surface area contributed by atoms with Crippen molar-refractivity contribution >= 4 is 22.8 Å². The fourth-order valence-corrected chi connectivity index (χ4v) is 1.73. The van der Waals surface area contributed by atoms with Crippen LogP contribution in [-0.2, 0) is 4.79 Å². The minimum Gasteiger partial charge on any atom is -0.480 e. The maximum atomic E-state index is 12.0. The van der Waals surface area contributed by atoms with Crippen molar-refractivity contribution in [3.63, 3.8) is 0 Å². The van der Waals surface area contributed by atoms with Gasteiger partial charge in [-0.05, 0) is 19.1 Å². The van der Waals surface area contributed by atoms with Crippen LogP contribution in [0.4, 0.5) is 0 Å². The highest BCUT2D eigenvalue weighted by Crippen LogP contribution is 2.19. The summed E-state index contributed by atoms with van der Waals surface area (Å²) >= 11 is 0. The van der Waals surface area contributed by atoms with Crippen molar-refractivity contribution in [2.75, 3.05) is 13.1 Å². The van der Waals surface area contributed by atoms with Crippen molar-refractivity contribution in [2.45, 2.75) is 6.92 Å². The van der Waals surface area contributed by atoms with Crippen LogP contribution in [0.3, 0.4) is 0 Å². The van der Waals surface area contributed by atoms with E-state index in [1.165, 1.54) is 4.90 Å². The third-order valence-electron chi connectivity index (χ3n) is 2.63. The van der Waals surface area contributed by atoms with Gasteiger partial charge in [-0.25, -0.2) is 0 Å². The summed E-state index contributed by atoms with van der Waals surface area (Å²) in [6.07, 6.45) is 0. The molecule has 1 N–H and O–H groups in total. The van der Waals surface area contributed by atoms with E-state index in [9.17, 15) is 9.59 Å². The van der Waals surface area contributed by atoms with Crippen molar-refractivity contribution in [1.82, 2.24) is 4.90 Å². The molecule has 0 atom stereocenters. The average molecular weight is 247 g/mol. The number of carboxylic acid groups (broad SMARTS) is 1. The Balaban J connectivity index is 2.29. The molecule has 0 bridgehead atoms. The molecule has 1 aromatic heterocycles. The molecular formula is C13H13NO4. The molecule has 0 spiro atoms. The minimum absolute atomic E-state index is 0.166. The highest BCUT2D eigenvalue weighted by atomic mass is 16.4. The van der Waals surface area contributed by atoms with E-state index < -0.39 is 11.9 Å². The number of para-hydroxylation sites is 1. The van der Waals surface area contributed by atoms with Gasteiger partial charge in [0.1, 0.15) is 12.1 Å². The number of fused-ring (bicyclic) bond motifs is 1. The van der Waals surface area contributed by atoms with Crippen LogP contribution in [0.5, 0.6) is 0 Å². The highest BCUT2D eigenvalue weighted by molar-refractivity contribution is 5.97. The molecule has 1 heterocycles. The maximum absolute atomic E-state index is 12.0. The van der Waals surface area contributed by atoms with Crippen LogP contribution in [-0.4, -0.2) is 35.0 Å². The number of carbonyl (C=O) groups is 2. The molecule has 0 radical (unpaired) electrons. The van der Waals surface area contributed by atoms with Gasteiger partial charge in [-0.1, -0.05) is 18.2 Å². The summed E-state index contributed by atoms with van der Waals surface area (Å²) in [5.41, 5.74) is 0.618. The number of carboxylic acids is 1. The van der Waals surface area contributed by atoms with E-state index in [4.69, 9.17) is 9.52 Å². The second-order valence-electron chi connectivity index (χ2n) is 3.86. The third kappa shape index (κ3) is 2.34. The van der Waals surface area contributed by atoms with Gasteiger partial charge in [0.25, 0.3) is 5.91 Å². The Labute approximate surface area is 104 Å². The maximum Gasteiger partial charge on any atom is 0.323 e. The smallest absolute Gasteiger partial charge is 0.323 e. The number of rotatable bonds is 4. The quantitative estimate of drug-likeness (QED) is 0.896. The Morgan fingerprint density at radius 2 is 2.06 bits per heavy atom. The van der Waals surface area contributed by atoms with Crippen LogP contribution >= 0.6 is 0 Å². The molecule has 0 aliphatic heterocycles. The topological polar surface area (TPSA) is 70.8 Å². The molecule has 0 unspecified atom stereocenters. The lowest BCUT2D eigenvalue weighted by molar-refractivity contribution is -0.137. The second-order valence-corrected chi connectivity index (χ2v) is 3.86. The second kappa shape index (κ2) is 4.91. The van der Waals surface area contributed by atoms with Crippen LogP contribution in [0.2, 0.25) is 0 Å². The Morgan fingerprint density at radius 1 is 1.33 bits per heavy atom. The minimum atomic E-state index is -1.04. The molecule has 0 aliphatic carbocycles. The van der Waals surface area contributed by atoms with Gasteiger partial charge < -0.3 is 14.4 Å². The molecule has 2 rings (SSSR count). The SMILES string of the molecule is CCN(CC(=O)O)C(=O)c1cc2ccccc2o1. The number of benzene rings is 1. The van der Waals surface area contributed by atoms with Gasteiger partial charge in [-0.15, -0.1) is 0 Å². The largest absolute Gasteiger partial charge is 0.480 e. The first-order chi connectivity index (χ1) is 8.61. The average Bonchev–Trinajstić information content (AvgIpc) is 2.78. The van der Waals surface area contributed by atoms with E-state index in [2.05, 4.69) is 0 Å². The van der Waals surface area contributed by atoms with Crippen molar-refractivity contribution in [1.29, 1.82) is 0 Å². The summed E-state index contributed by atoms with van der Waals surface area (Å²) in [7, 11) is 0. The molecule has 1 amide bonds. The van der Waals surface area contributed by atoms with Gasteiger partial charge in [0.15, 0.2) is 5.76 Å². The standard InChI is InChI=1S/C13H13NO4/c1-2-14(8-12(15)16)13(17)11-7-9-5-3-4-6-10(9)18-11/h3-7H,2,8H2,1H3,(H,15,16). The molecule has 18 heavy (non-hydrogen) atoms. The third-order valence-corrected chi connectivity index (χ3v) is 2.63. The molecule has 2 aromatic rings. The van der Waals surface area contributed by atoms with Gasteiger partial charge in [-0.2, -0.15) is 0 Å². The number of carbonyl (C=O) groups excluding carboxylic acids is 1.